The molecule has 0 aliphatic rings. The molecule has 0 saturated carbocycles. The quantitative estimate of drug-likeness (QED) is 0.536. The first-order valence-corrected chi connectivity index (χ1v) is 3.11. The third-order valence-corrected chi connectivity index (χ3v) is 1.12. The first kappa shape index (κ1) is 7.25. The van der Waals surface area contributed by atoms with Crippen molar-refractivity contribution in [2.45, 2.75) is 13.0 Å². The van der Waals surface area contributed by atoms with Crippen molar-refractivity contribution in [1.29, 1.82) is 0 Å². The maximum atomic E-state index is 10.1. The van der Waals surface area contributed by atoms with Crippen LogP contribution < -0.4 is 0 Å². The monoisotopic (exact) mass is 212 g/mol. The molecule has 0 aliphatic heterocycles. The van der Waals surface area contributed by atoms with Crippen LogP contribution in [-0.2, 0) is 7.81 Å². The molecular weight excluding hydrogens is 206 g/mol. The summed E-state index contributed by atoms with van der Waals surface area (Å²) in [4.78, 5) is 10.1. The van der Waals surface area contributed by atoms with Crippen LogP contribution in [0.2, 0.25) is 0 Å². The summed E-state index contributed by atoms with van der Waals surface area (Å²) in [7, 11) is 0. The van der Waals surface area contributed by atoms with Crippen LogP contribution in [0, 0.1) is 0 Å². The summed E-state index contributed by atoms with van der Waals surface area (Å²) in [6.07, 6.45) is -0.963. The van der Waals surface area contributed by atoms with Crippen molar-refractivity contribution in [3.8, 4) is 0 Å². The Labute approximate surface area is 55.7 Å². The van der Waals surface area contributed by atoms with Crippen LogP contribution in [0.25, 0.3) is 0 Å². The van der Waals surface area contributed by atoms with Crippen LogP contribution >= 0.6 is 0 Å². The van der Waals surface area contributed by atoms with Crippen molar-refractivity contribution >= 4 is 29.4 Å². The molecule has 0 aromatic heterocycles. The van der Waals surface area contributed by atoms with Gasteiger partial charge in [-0.1, -0.05) is 0 Å². The van der Waals surface area contributed by atoms with Gasteiger partial charge < -0.3 is 0 Å². The van der Waals surface area contributed by atoms with Crippen molar-refractivity contribution < 1.29 is 12.9 Å². The molecule has 0 heterocycles. The van der Waals surface area contributed by atoms with E-state index in [0.29, 0.717) is 23.4 Å². The average molecular weight is 213 g/mol. The normalized spacial score (nSPS) is 13.0. The van der Waals surface area contributed by atoms with Gasteiger partial charge >= 0.3 is 55.4 Å². The van der Waals surface area contributed by atoms with Crippen LogP contribution in [0.3, 0.4) is 0 Å². The Hall–Kier alpha value is 0.248. The average Bonchev–Trinajstić information content (AvgIpc) is 1.65. The van der Waals surface area contributed by atoms with Crippen molar-refractivity contribution in [3.05, 3.63) is 0 Å². The number of hydrogen-bond acceptors (Lipinski definition) is 3. The van der Waals surface area contributed by atoms with E-state index in [2.05, 4.69) is 3.02 Å². The molecule has 0 aromatic carbocycles. The van der Waals surface area contributed by atoms with Crippen molar-refractivity contribution in [1.82, 2.24) is 0 Å². The van der Waals surface area contributed by atoms with Crippen molar-refractivity contribution in [2.24, 2.45) is 0 Å². The van der Waals surface area contributed by atoms with E-state index in [9.17, 15) is 4.79 Å². The molecule has 0 rings (SSSR count). The van der Waals surface area contributed by atoms with Gasteiger partial charge in [-0.15, -0.1) is 0 Å². The van der Waals surface area contributed by atoms with E-state index >= 15 is 0 Å². The van der Waals surface area contributed by atoms with Crippen molar-refractivity contribution in [3.63, 3.8) is 0 Å². The Balaban J connectivity index is 3.35. The predicted octanol–water partition coefficient (Wildman–Crippen LogP) is -1.54. The van der Waals surface area contributed by atoms with E-state index in [4.69, 9.17) is 5.11 Å². The van der Waals surface area contributed by atoms with E-state index in [1.54, 1.807) is 0 Å². The number of hydrogen-bond donors (Lipinski definition) is 1. The number of carbonyl (C=O) groups is 1. The molecule has 0 amide bonds. The van der Waals surface area contributed by atoms with Crippen LogP contribution in [0.4, 0.5) is 0 Å². The number of rotatable bonds is 1. The molecule has 0 radical (unpaired) electrons. The first-order valence-electron chi connectivity index (χ1n) is 1.77. The van der Waals surface area contributed by atoms with Crippen LogP contribution in [0.5, 0.6) is 0 Å². The van der Waals surface area contributed by atoms with Gasteiger partial charge in [0.2, 0.25) is 0 Å². The van der Waals surface area contributed by atoms with E-state index in [1.807, 2.05) is 0 Å². The summed E-state index contributed by atoms with van der Waals surface area (Å²) >= 11 is 0.417. The zero-order valence-corrected chi connectivity index (χ0v) is 7.21. The third-order valence-electron chi connectivity index (χ3n) is 0.457. The van der Waals surface area contributed by atoms with Crippen LogP contribution in [-0.4, -0.2) is 40.6 Å². The molecule has 7 heavy (non-hydrogen) atoms. The Morgan fingerprint density at radius 2 is 2.43 bits per heavy atom. The molecule has 0 aromatic rings. The summed E-state index contributed by atoms with van der Waals surface area (Å²) < 4.78 is 4.25. The fraction of sp³-hybridized carbons (Fsp3) is 0.667. The van der Waals surface area contributed by atoms with Gasteiger partial charge in [0.05, 0.1) is 0 Å². The summed E-state index contributed by atoms with van der Waals surface area (Å²) in [5.74, 6) is -0.539. The molecule has 1 N–H and O–H groups in total. The molecule has 3 nitrogen and oxygen atoms in total. The molecule has 0 saturated heterocycles. The second kappa shape index (κ2) is 3.28. The number of aliphatic hydroxyl groups excluding tert-OH is 1. The van der Waals surface area contributed by atoms with Gasteiger partial charge in [0.1, 0.15) is 0 Å². The zero-order valence-electron chi connectivity index (χ0n) is 3.92. The van der Waals surface area contributed by atoms with E-state index in [1.165, 1.54) is 6.92 Å². The van der Waals surface area contributed by atoms with Crippen molar-refractivity contribution in [2.75, 3.05) is 0 Å². The molecule has 0 aliphatic carbocycles. The van der Waals surface area contributed by atoms with Gasteiger partial charge in [0.25, 0.3) is 0 Å². The second-order valence-corrected chi connectivity index (χ2v) is 1.79. The SMILES string of the molecule is CC(O)C(=O)[O][SbH2]. The molecule has 1 unspecified atom stereocenters. The minimum atomic E-state index is -0.963. The maximum absolute atomic E-state index is 10.1. The molecule has 0 bridgehead atoms. The molecular formula is C3H7O3Sb. The molecule has 4 heteroatoms. The summed E-state index contributed by atoms with van der Waals surface area (Å²) in [5.41, 5.74) is 0. The van der Waals surface area contributed by atoms with E-state index in [-0.39, 0.29) is 0 Å². The Bertz CT molecular complexity index is 70.6. The standard InChI is InChI=1S/C3H6O3.Sb.2H/c1-2(4)3(5)6;;;/h2,4H,1H3,(H,5,6);;;/q;+1;;/p-1. The number of aliphatic hydroxyl groups is 1. The fourth-order valence-corrected chi connectivity index (χ4v) is 0.661. The third kappa shape index (κ3) is 2.89. The summed E-state index contributed by atoms with van der Waals surface area (Å²) in [5, 5.41) is 8.37. The molecule has 42 valence electrons. The molecule has 1 atom stereocenters. The summed E-state index contributed by atoms with van der Waals surface area (Å²) in [6, 6.07) is 0. The van der Waals surface area contributed by atoms with Gasteiger partial charge in [-0.2, -0.15) is 0 Å². The van der Waals surface area contributed by atoms with Gasteiger partial charge in [-0.25, -0.2) is 0 Å². The van der Waals surface area contributed by atoms with Gasteiger partial charge in [-0.05, 0) is 0 Å². The Morgan fingerprint density at radius 3 is 2.43 bits per heavy atom. The molecule has 0 spiro atoms. The van der Waals surface area contributed by atoms with E-state index in [0.717, 1.165) is 0 Å². The van der Waals surface area contributed by atoms with Crippen LogP contribution in [0.15, 0.2) is 0 Å². The number of carbonyl (C=O) groups excluding carboxylic acids is 1. The van der Waals surface area contributed by atoms with Gasteiger partial charge in [-0.3, -0.25) is 0 Å². The molecule has 0 fully saturated rings. The summed E-state index contributed by atoms with van der Waals surface area (Å²) in [6.45, 7) is 1.37. The first-order chi connectivity index (χ1) is 3.18. The van der Waals surface area contributed by atoms with Crippen LogP contribution in [0.1, 0.15) is 6.92 Å². The topological polar surface area (TPSA) is 46.5 Å². The zero-order chi connectivity index (χ0) is 5.86. The predicted molar refractivity (Wildman–Crippen MR) is 26.3 cm³/mol. The Morgan fingerprint density at radius 1 is 2.00 bits per heavy atom. The van der Waals surface area contributed by atoms with E-state index < -0.39 is 12.1 Å². The minimum absolute atomic E-state index is 0.417. The van der Waals surface area contributed by atoms with Gasteiger partial charge in [0.15, 0.2) is 0 Å². The fourth-order valence-electron chi connectivity index (χ4n) is 0.0985. The second-order valence-electron chi connectivity index (χ2n) is 1.11. The Kier molecular flexibility index (Phi) is 3.39. The van der Waals surface area contributed by atoms with Gasteiger partial charge in [0, 0.05) is 0 Å².